The van der Waals surface area contributed by atoms with E-state index in [-0.39, 0.29) is 5.82 Å². The minimum atomic E-state index is -0.161. The van der Waals surface area contributed by atoms with E-state index in [9.17, 15) is 4.39 Å². The molecule has 0 saturated heterocycles. The van der Waals surface area contributed by atoms with Gasteiger partial charge in [-0.3, -0.25) is 0 Å². The Morgan fingerprint density at radius 1 is 1.29 bits per heavy atom. The molecule has 1 aromatic carbocycles. The summed E-state index contributed by atoms with van der Waals surface area (Å²) < 4.78 is 14.1. The molecule has 0 fully saturated rings. The maximum Gasteiger partial charge on any atom is 0.124 e. The third kappa shape index (κ3) is 5.64. The van der Waals surface area contributed by atoms with E-state index in [0.29, 0.717) is 5.92 Å². The van der Waals surface area contributed by atoms with Crippen molar-refractivity contribution in [3.8, 4) is 0 Å². The molecule has 1 unspecified atom stereocenters. The molecular weight excluding hydrogens is 281 g/mol. The van der Waals surface area contributed by atoms with E-state index in [2.05, 4.69) is 35.1 Å². The first kappa shape index (κ1) is 14.7. The normalized spacial score (nSPS) is 12.7. The zero-order valence-electron chi connectivity index (χ0n) is 10.6. The molecule has 0 aliphatic rings. The molecule has 0 bridgehead atoms. The number of hydrogen-bond acceptors (Lipinski definition) is 1. The average Bonchev–Trinajstić information content (AvgIpc) is 2.26. The lowest BCUT2D eigenvalue weighted by molar-refractivity contribution is 0.459. The second kappa shape index (κ2) is 7.83. The standard InChI is InChI=1S/C14H21BrFN/c1-3-5-17-10-11(4-2)6-12-7-13(15)9-14(16)8-12/h7-9,11,17H,3-6,10H2,1-2H3. The number of nitrogens with one attached hydrogen (secondary N) is 1. The Morgan fingerprint density at radius 3 is 2.65 bits per heavy atom. The van der Waals surface area contributed by atoms with E-state index < -0.39 is 0 Å². The van der Waals surface area contributed by atoms with Crippen LogP contribution in [-0.2, 0) is 6.42 Å². The summed E-state index contributed by atoms with van der Waals surface area (Å²) in [4.78, 5) is 0. The fourth-order valence-electron chi connectivity index (χ4n) is 1.91. The zero-order chi connectivity index (χ0) is 12.7. The highest BCUT2D eigenvalue weighted by Crippen LogP contribution is 2.18. The second-order valence-corrected chi connectivity index (χ2v) is 5.38. The molecule has 0 aromatic heterocycles. The van der Waals surface area contributed by atoms with Crippen LogP contribution in [0.15, 0.2) is 22.7 Å². The second-order valence-electron chi connectivity index (χ2n) is 4.46. The number of halogens is 2. The van der Waals surface area contributed by atoms with Crippen LogP contribution in [-0.4, -0.2) is 13.1 Å². The van der Waals surface area contributed by atoms with Crippen LogP contribution in [0.1, 0.15) is 32.3 Å². The first-order valence-electron chi connectivity index (χ1n) is 6.31. The Labute approximate surface area is 112 Å². The maximum atomic E-state index is 13.2. The van der Waals surface area contributed by atoms with Crippen molar-refractivity contribution in [1.29, 1.82) is 0 Å². The predicted octanol–water partition coefficient (Wildman–Crippen LogP) is 4.16. The largest absolute Gasteiger partial charge is 0.316 e. The van der Waals surface area contributed by atoms with Gasteiger partial charge in [-0.05, 0) is 55.6 Å². The van der Waals surface area contributed by atoms with Crippen LogP contribution >= 0.6 is 15.9 Å². The highest BCUT2D eigenvalue weighted by atomic mass is 79.9. The lowest BCUT2D eigenvalue weighted by Crippen LogP contribution is -2.24. The molecule has 0 saturated carbocycles. The van der Waals surface area contributed by atoms with E-state index in [4.69, 9.17) is 0 Å². The first-order chi connectivity index (χ1) is 8.15. The van der Waals surface area contributed by atoms with Crippen LogP contribution in [0.25, 0.3) is 0 Å². The van der Waals surface area contributed by atoms with E-state index in [1.165, 1.54) is 6.07 Å². The molecule has 17 heavy (non-hydrogen) atoms. The van der Waals surface area contributed by atoms with Crippen molar-refractivity contribution < 1.29 is 4.39 Å². The number of benzene rings is 1. The maximum absolute atomic E-state index is 13.2. The highest BCUT2D eigenvalue weighted by Gasteiger charge is 2.08. The van der Waals surface area contributed by atoms with E-state index in [1.54, 1.807) is 6.07 Å². The van der Waals surface area contributed by atoms with Gasteiger partial charge in [-0.1, -0.05) is 36.2 Å². The summed E-state index contributed by atoms with van der Waals surface area (Å²) in [5.41, 5.74) is 1.07. The molecule has 0 amide bonds. The molecule has 96 valence electrons. The van der Waals surface area contributed by atoms with Crippen molar-refractivity contribution in [3.63, 3.8) is 0 Å². The van der Waals surface area contributed by atoms with Crippen LogP contribution in [0.2, 0.25) is 0 Å². The van der Waals surface area contributed by atoms with Gasteiger partial charge in [0.25, 0.3) is 0 Å². The van der Waals surface area contributed by atoms with Crippen LogP contribution in [0.5, 0.6) is 0 Å². The monoisotopic (exact) mass is 301 g/mol. The molecule has 3 heteroatoms. The Kier molecular flexibility index (Phi) is 6.75. The Morgan fingerprint density at radius 2 is 2.06 bits per heavy atom. The highest BCUT2D eigenvalue weighted by molar-refractivity contribution is 9.10. The van der Waals surface area contributed by atoms with Crippen molar-refractivity contribution in [1.82, 2.24) is 5.32 Å². The van der Waals surface area contributed by atoms with Gasteiger partial charge in [0, 0.05) is 4.47 Å². The lowest BCUT2D eigenvalue weighted by atomic mass is 9.97. The minimum Gasteiger partial charge on any atom is -0.316 e. The summed E-state index contributed by atoms with van der Waals surface area (Å²) in [6, 6.07) is 5.14. The minimum absolute atomic E-state index is 0.161. The van der Waals surface area contributed by atoms with Gasteiger partial charge >= 0.3 is 0 Å². The van der Waals surface area contributed by atoms with Gasteiger partial charge in [0.1, 0.15) is 5.82 Å². The summed E-state index contributed by atoms with van der Waals surface area (Å²) in [7, 11) is 0. The van der Waals surface area contributed by atoms with Gasteiger partial charge < -0.3 is 5.32 Å². The Balaban J connectivity index is 2.54. The fraction of sp³-hybridized carbons (Fsp3) is 0.571. The lowest BCUT2D eigenvalue weighted by Gasteiger charge is -2.15. The SMILES string of the molecule is CCCNCC(CC)Cc1cc(F)cc(Br)c1. The summed E-state index contributed by atoms with van der Waals surface area (Å²) in [5.74, 6) is 0.418. The topological polar surface area (TPSA) is 12.0 Å². The van der Waals surface area contributed by atoms with Gasteiger partial charge in [-0.15, -0.1) is 0 Å². The fourth-order valence-corrected chi connectivity index (χ4v) is 2.42. The van der Waals surface area contributed by atoms with Crippen LogP contribution in [0, 0.1) is 11.7 Å². The third-order valence-electron chi connectivity index (χ3n) is 2.88. The first-order valence-corrected chi connectivity index (χ1v) is 7.10. The zero-order valence-corrected chi connectivity index (χ0v) is 12.2. The van der Waals surface area contributed by atoms with Crippen molar-refractivity contribution in [2.24, 2.45) is 5.92 Å². The number of rotatable bonds is 7. The molecule has 0 heterocycles. The van der Waals surface area contributed by atoms with E-state index in [1.807, 2.05) is 6.07 Å². The Bertz CT molecular complexity index is 321. The third-order valence-corrected chi connectivity index (χ3v) is 3.34. The predicted molar refractivity (Wildman–Crippen MR) is 74.7 cm³/mol. The van der Waals surface area contributed by atoms with Crippen molar-refractivity contribution in [3.05, 3.63) is 34.1 Å². The average molecular weight is 302 g/mol. The Hall–Kier alpha value is -0.410. The van der Waals surface area contributed by atoms with Gasteiger partial charge in [0.2, 0.25) is 0 Å². The molecule has 1 rings (SSSR count). The van der Waals surface area contributed by atoms with Gasteiger partial charge in [0.05, 0.1) is 0 Å². The van der Waals surface area contributed by atoms with Crippen molar-refractivity contribution in [2.45, 2.75) is 33.1 Å². The van der Waals surface area contributed by atoms with Crippen LogP contribution in [0.4, 0.5) is 4.39 Å². The van der Waals surface area contributed by atoms with Crippen molar-refractivity contribution >= 4 is 15.9 Å². The molecule has 0 aliphatic carbocycles. The molecule has 0 spiro atoms. The molecular formula is C14H21BrFN. The quantitative estimate of drug-likeness (QED) is 0.746. The summed E-state index contributed by atoms with van der Waals surface area (Å²) in [6.45, 7) is 6.42. The smallest absolute Gasteiger partial charge is 0.124 e. The molecule has 1 N–H and O–H groups in total. The van der Waals surface area contributed by atoms with E-state index in [0.717, 1.165) is 42.4 Å². The van der Waals surface area contributed by atoms with Gasteiger partial charge in [-0.25, -0.2) is 4.39 Å². The van der Waals surface area contributed by atoms with E-state index >= 15 is 0 Å². The van der Waals surface area contributed by atoms with Crippen LogP contribution < -0.4 is 5.32 Å². The summed E-state index contributed by atoms with van der Waals surface area (Å²) >= 11 is 3.33. The van der Waals surface area contributed by atoms with Crippen molar-refractivity contribution in [2.75, 3.05) is 13.1 Å². The molecule has 1 atom stereocenters. The summed E-state index contributed by atoms with van der Waals surface area (Å²) in [5, 5.41) is 3.43. The van der Waals surface area contributed by atoms with Crippen LogP contribution in [0.3, 0.4) is 0 Å². The molecule has 0 aliphatic heterocycles. The molecule has 1 nitrogen and oxygen atoms in total. The molecule has 1 aromatic rings. The van der Waals surface area contributed by atoms with Gasteiger partial charge in [0.15, 0.2) is 0 Å². The summed E-state index contributed by atoms with van der Waals surface area (Å²) in [6.07, 6.45) is 3.20. The molecule has 0 radical (unpaired) electrons. The van der Waals surface area contributed by atoms with Gasteiger partial charge in [-0.2, -0.15) is 0 Å². The number of hydrogen-bond donors (Lipinski definition) is 1.